The predicted molar refractivity (Wildman–Crippen MR) is 89.3 cm³/mol. The van der Waals surface area contributed by atoms with Crippen molar-refractivity contribution in [2.75, 3.05) is 18.4 Å². The third-order valence-corrected chi connectivity index (χ3v) is 3.96. The number of nitrogens with zero attached hydrogens (tertiary/aromatic N) is 1. The van der Waals surface area contributed by atoms with E-state index in [-0.39, 0.29) is 11.9 Å². The third kappa shape index (κ3) is 3.28. The molecular weight excluding hydrogens is 274 g/mol. The van der Waals surface area contributed by atoms with Crippen molar-refractivity contribution in [3.05, 3.63) is 60.2 Å². The molecule has 0 bridgehead atoms. The Labute approximate surface area is 130 Å². The molecule has 0 unspecified atom stereocenters. The molecule has 3 rings (SSSR count). The topological polar surface area (TPSA) is 58.4 Å². The van der Waals surface area contributed by atoms with Crippen LogP contribution in [0.1, 0.15) is 23.2 Å². The highest BCUT2D eigenvalue weighted by molar-refractivity contribution is 6.00. The summed E-state index contributed by atoms with van der Waals surface area (Å²) in [7, 11) is 0. The summed E-state index contributed by atoms with van der Waals surface area (Å²) in [4.78, 5) is 14.6. The largest absolute Gasteiger partial charge is 0.355 e. The van der Waals surface area contributed by atoms with Gasteiger partial charge < -0.3 is 16.0 Å². The second-order valence-electron chi connectivity index (χ2n) is 5.69. The number of amides is 1. The maximum absolute atomic E-state index is 12.8. The Hall–Kier alpha value is -2.33. The number of carbonyl (C=O) groups excluding carboxylic acids is 1. The molecule has 1 atom stereocenters. The van der Waals surface area contributed by atoms with E-state index in [1.54, 1.807) is 0 Å². The molecule has 2 aromatic rings. The average Bonchev–Trinajstić information content (AvgIpc) is 2.56. The van der Waals surface area contributed by atoms with Gasteiger partial charge in [-0.25, -0.2) is 0 Å². The van der Waals surface area contributed by atoms with Crippen LogP contribution in [0.4, 0.5) is 11.4 Å². The van der Waals surface area contributed by atoms with E-state index >= 15 is 0 Å². The molecule has 1 saturated heterocycles. The zero-order valence-electron chi connectivity index (χ0n) is 12.5. The van der Waals surface area contributed by atoms with Crippen LogP contribution in [0.2, 0.25) is 0 Å². The second kappa shape index (κ2) is 6.62. The molecule has 1 aliphatic heterocycles. The molecule has 22 heavy (non-hydrogen) atoms. The van der Waals surface area contributed by atoms with Crippen molar-refractivity contribution in [2.24, 2.45) is 5.73 Å². The van der Waals surface area contributed by atoms with Gasteiger partial charge in [-0.15, -0.1) is 0 Å². The van der Waals surface area contributed by atoms with Crippen molar-refractivity contribution < 1.29 is 4.79 Å². The van der Waals surface area contributed by atoms with E-state index in [0.29, 0.717) is 12.1 Å². The van der Waals surface area contributed by atoms with E-state index in [1.165, 1.54) is 0 Å². The molecule has 1 amide bonds. The van der Waals surface area contributed by atoms with Crippen molar-refractivity contribution >= 4 is 17.3 Å². The van der Waals surface area contributed by atoms with E-state index < -0.39 is 0 Å². The van der Waals surface area contributed by atoms with Crippen LogP contribution in [0.3, 0.4) is 0 Å². The molecule has 0 aromatic heterocycles. The number of hydrogen-bond donors (Lipinski definition) is 2. The molecule has 0 aliphatic carbocycles. The number of likely N-dealkylation sites (tertiary alicyclic amines) is 1. The van der Waals surface area contributed by atoms with Crippen LogP contribution >= 0.6 is 0 Å². The van der Waals surface area contributed by atoms with Crippen LogP contribution in [0.15, 0.2) is 54.6 Å². The summed E-state index contributed by atoms with van der Waals surface area (Å²) in [5.74, 6) is 0.0502. The Morgan fingerprint density at radius 1 is 1.09 bits per heavy atom. The van der Waals surface area contributed by atoms with E-state index in [9.17, 15) is 4.79 Å². The minimum atomic E-state index is 0.0502. The molecule has 4 nitrogen and oxygen atoms in total. The van der Waals surface area contributed by atoms with Crippen LogP contribution in [-0.4, -0.2) is 29.9 Å². The zero-order chi connectivity index (χ0) is 15.4. The SMILES string of the molecule is N[C@@H]1CCCN(C(=O)c2ccccc2Nc2ccccc2)C1. The first-order valence-electron chi connectivity index (χ1n) is 7.70. The fraction of sp³-hybridized carbons (Fsp3) is 0.278. The van der Waals surface area contributed by atoms with Gasteiger partial charge in [0.05, 0.1) is 11.3 Å². The number of hydrogen-bond acceptors (Lipinski definition) is 3. The average molecular weight is 295 g/mol. The van der Waals surface area contributed by atoms with Crippen LogP contribution in [0.25, 0.3) is 0 Å². The Bertz CT molecular complexity index is 642. The van der Waals surface area contributed by atoms with E-state index in [1.807, 2.05) is 59.5 Å². The number of para-hydroxylation sites is 2. The zero-order valence-corrected chi connectivity index (χ0v) is 12.5. The number of anilines is 2. The Balaban J connectivity index is 1.83. The first-order valence-corrected chi connectivity index (χ1v) is 7.70. The van der Waals surface area contributed by atoms with E-state index in [2.05, 4.69) is 5.32 Å². The fourth-order valence-electron chi connectivity index (χ4n) is 2.82. The van der Waals surface area contributed by atoms with Gasteiger partial charge in [-0.1, -0.05) is 30.3 Å². The lowest BCUT2D eigenvalue weighted by atomic mass is 10.0. The molecule has 0 radical (unpaired) electrons. The van der Waals surface area contributed by atoms with Gasteiger partial charge in [-0.2, -0.15) is 0 Å². The quantitative estimate of drug-likeness (QED) is 0.915. The second-order valence-corrected chi connectivity index (χ2v) is 5.69. The fourth-order valence-corrected chi connectivity index (χ4v) is 2.82. The van der Waals surface area contributed by atoms with E-state index in [4.69, 9.17) is 5.73 Å². The standard InChI is InChI=1S/C18H21N3O/c19-14-7-6-12-21(13-14)18(22)16-10-4-5-11-17(16)20-15-8-2-1-3-9-15/h1-5,8-11,14,20H,6-7,12-13,19H2/t14-/m1/s1. The number of piperidine rings is 1. The molecule has 114 valence electrons. The molecule has 1 aliphatic rings. The summed E-state index contributed by atoms with van der Waals surface area (Å²) in [5, 5.41) is 3.32. The Kier molecular flexibility index (Phi) is 4.39. The lowest BCUT2D eigenvalue weighted by Crippen LogP contribution is -2.45. The molecule has 2 aromatic carbocycles. The number of nitrogens with two attached hydrogens (primary N) is 1. The van der Waals surface area contributed by atoms with Crippen LogP contribution in [0, 0.1) is 0 Å². The summed E-state index contributed by atoms with van der Waals surface area (Å²) < 4.78 is 0. The van der Waals surface area contributed by atoms with Crippen molar-refractivity contribution in [2.45, 2.75) is 18.9 Å². The van der Waals surface area contributed by atoms with Crippen LogP contribution in [0.5, 0.6) is 0 Å². The number of nitrogens with one attached hydrogen (secondary N) is 1. The molecule has 1 heterocycles. The van der Waals surface area contributed by atoms with Gasteiger partial charge >= 0.3 is 0 Å². The van der Waals surface area contributed by atoms with Gasteiger partial charge in [0.2, 0.25) is 0 Å². The van der Waals surface area contributed by atoms with Crippen molar-refractivity contribution in [1.82, 2.24) is 4.90 Å². The Morgan fingerprint density at radius 3 is 2.59 bits per heavy atom. The number of benzene rings is 2. The van der Waals surface area contributed by atoms with Crippen LogP contribution < -0.4 is 11.1 Å². The van der Waals surface area contributed by atoms with Crippen LogP contribution in [-0.2, 0) is 0 Å². The van der Waals surface area contributed by atoms with Crippen molar-refractivity contribution in [3.63, 3.8) is 0 Å². The number of rotatable bonds is 3. The highest BCUT2D eigenvalue weighted by Gasteiger charge is 2.23. The van der Waals surface area contributed by atoms with Gasteiger partial charge in [0, 0.05) is 24.8 Å². The molecule has 4 heteroatoms. The minimum absolute atomic E-state index is 0.0502. The van der Waals surface area contributed by atoms with Gasteiger partial charge in [-0.05, 0) is 37.1 Å². The third-order valence-electron chi connectivity index (χ3n) is 3.96. The highest BCUT2D eigenvalue weighted by Crippen LogP contribution is 2.23. The Morgan fingerprint density at radius 2 is 1.82 bits per heavy atom. The normalized spacial score (nSPS) is 18.0. The summed E-state index contributed by atoms with van der Waals surface area (Å²) in [5.41, 5.74) is 8.49. The first-order chi connectivity index (χ1) is 10.7. The summed E-state index contributed by atoms with van der Waals surface area (Å²) in [6.45, 7) is 1.42. The van der Waals surface area contributed by atoms with Gasteiger partial charge in [0.1, 0.15) is 0 Å². The predicted octanol–water partition coefficient (Wildman–Crippen LogP) is 2.99. The molecule has 3 N–H and O–H groups in total. The summed E-state index contributed by atoms with van der Waals surface area (Å²) in [6, 6.07) is 17.6. The maximum Gasteiger partial charge on any atom is 0.256 e. The lowest BCUT2D eigenvalue weighted by Gasteiger charge is -2.31. The smallest absolute Gasteiger partial charge is 0.256 e. The summed E-state index contributed by atoms with van der Waals surface area (Å²) in [6.07, 6.45) is 1.97. The molecule has 0 spiro atoms. The van der Waals surface area contributed by atoms with Gasteiger partial charge in [0.25, 0.3) is 5.91 Å². The molecular formula is C18H21N3O. The highest BCUT2D eigenvalue weighted by atomic mass is 16.2. The van der Waals surface area contributed by atoms with Crippen molar-refractivity contribution in [1.29, 1.82) is 0 Å². The monoisotopic (exact) mass is 295 g/mol. The minimum Gasteiger partial charge on any atom is -0.355 e. The van der Waals surface area contributed by atoms with Gasteiger partial charge in [0.15, 0.2) is 0 Å². The maximum atomic E-state index is 12.8. The lowest BCUT2D eigenvalue weighted by molar-refractivity contribution is 0.0710. The van der Waals surface area contributed by atoms with Crippen molar-refractivity contribution in [3.8, 4) is 0 Å². The first kappa shape index (κ1) is 14.6. The van der Waals surface area contributed by atoms with Gasteiger partial charge in [-0.3, -0.25) is 4.79 Å². The summed E-state index contributed by atoms with van der Waals surface area (Å²) >= 11 is 0. The number of carbonyl (C=O) groups is 1. The molecule has 1 fully saturated rings. The molecule has 0 saturated carbocycles. The van der Waals surface area contributed by atoms with E-state index in [0.717, 1.165) is 30.8 Å².